The fourth-order valence-electron chi connectivity index (χ4n) is 4.61. The molecule has 1 aliphatic rings. The second kappa shape index (κ2) is 18.0. The van der Waals surface area contributed by atoms with Crippen molar-refractivity contribution in [2.75, 3.05) is 13.2 Å². The lowest BCUT2D eigenvalue weighted by Gasteiger charge is -2.15. The number of carbonyl (C=O) groups is 1. The maximum atomic E-state index is 11.9. The molecule has 4 nitrogen and oxygen atoms in total. The highest BCUT2D eigenvalue weighted by Gasteiger charge is 2.34. The van der Waals surface area contributed by atoms with Crippen molar-refractivity contribution < 1.29 is 19.4 Å². The molecule has 1 fully saturated rings. The van der Waals surface area contributed by atoms with Crippen LogP contribution in [0.5, 0.6) is 0 Å². The number of hydrogen-bond acceptors (Lipinski definition) is 4. The fourth-order valence-corrected chi connectivity index (χ4v) is 4.61. The normalized spacial score (nSPS) is 18.2. The first-order valence-corrected chi connectivity index (χ1v) is 13.6. The van der Waals surface area contributed by atoms with Crippen molar-refractivity contribution in [2.45, 2.75) is 116 Å². The van der Waals surface area contributed by atoms with E-state index in [-0.39, 0.29) is 19.2 Å². The second-order valence-corrected chi connectivity index (χ2v) is 9.90. The summed E-state index contributed by atoms with van der Waals surface area (Å²) < 4.78 is 10.9. The third kappa shape index (κ3) is 13.8. The van der Waals surface area contributed by atoms with Crippen LogP contribution in [0.25, 0.3) is 0 Å². The summed E-state index contributed by atoms with van der Waals surface area (Å²) in [6, 6.07) is 9.80. The van der Waals surface area contributed by atoms with Gasteiger partial charge in [0, 0.05) is 6.42 Å². The molecule has 1 N–H and O–H groups in total. The van der Waals surface area contributed by atoms with Crippen LogP contribution < -0.4 is 0 Å². The van der Waals surface area contributed by atoms with E-state index in [9.17, 15) is 9.90 Å². The molecule has 1 saturated carbocycles. The predicted molar refractivity (Wildman–Crippen MR) is 135 cm³/mol. The molecule has 0 radical (unpaired) electrons. The van der Waals surface area contributed by atoms with Gasteiger partial charge in [0.2, 0.25) is 0 Å². The van der Waals surface area contributed by atoms with Gasteiger partial charge < -0.3 is 14.6 Å². The molecule has 0 aliphatic heterocycles. The molecule has 33 heavy (non-hydrogen) atoms. The van der Waals surface area contributed by atoms with Gasteiger partial charge in [0.25, 0.3) is 0 Å². The minimum Gasteiger partial charge on any atom is -0.463 e. The third-order valence-corrected chi connectivity index (χ3v) is 6.92. The summed E-state index contributed by atoms with van der Waals surface area (Å²) in [6.07, 6.45) is 18.6. The van der Waals surface area contributed by atoms with Crippen LogP contribution in [0.1, 0.15) is 109 Å². The topological polar surface area (TPSA) is 55.8 Å². The maximum Gasteiger partial charge on any atom is 0.305 e. The lowest BCUT2D eigenvalue weighted by molar-refractivity contribution is -0.149. The summed E-state index contributed by atoms with van der Waals surface area (Å²) in [5, 5.41) is 9.43. The quantitative estimate of drug-likeness (QED) is 0.155. The minimum absolute atomic E-state index is 0.114. The molecular formula is C29H48O4. The lowest BCUT2D eigenvalue weighted by atomic mass is 10.0. The van der Waals surface area contributed by atoms with Gasteiger partial charge in [-0.1, -0.05) is 114 Å². The molecular weight excluding hydrogens is 412 g/mol. The van der Waals surface area contributed by atoms with Crippen LogP contribution in [-0.4, -0.2) is 30.4 Å². The number of ether oxygens (including phenoxy) is 2. The Kier molecular flexibility index (Phi) is 15.2. The molecule has 3 atom stereocenters. The van der Waals surface area contributed by atoms with Gasteiger partial charge in [-0.15, -0.1) is 0 Å². The molecule has 1 aliphatic carbocycles. The van der Waals surface area contributed by atoms with Crippen LogP contribution in [0.3, 0.4) is 0 Å². The Hall–Kier alpha value is -1.39. The molecule has 2 rings (SSSR count). The van der Waals surface area contributed by atoms with Crippen LogP contribution in [0.15, 0.2) is 30.3 Å². The predicted octanol–water partition coefficient (Wildman–Crippen LogP) is 7.22. The minimum atomic E-state index is -0.471. The first-order valence-electron chi connectivity index (χ1n) is 13.6. The molecule has 0 bridgehead atoms. The van der Waals surface area contributed by atoms with Crippen LogP contribution in [0.2, 0.25) is 0 Å². The monoisotopic (exact) mass is 460 g/mol. The number of aliphatic hydroxyl groups excluding tert-OH is 1. The van der Waals surface area contributed by atoms with Crippen LogP contribution in [-0.2, 0) is 20.9 Å². The van der Waals surface area contributed by atoms with E-state index < -0.39 is 6.10 Å². The van der Waals surface area contributed by atoms with E-state index in [0.717, 1.165) is 30.2 Å². The zero-order valence-electron chi connectivity index (χ0n) is 21.0. The van der Waals surface area contributed by atoms with E-state index in [2.05, 4.69) is 6.92 Å². The number of benzene rings is 1. The number of rotatable bonds is 21. The molecule has 1 aromatic rings. The Labute approximate surface area is 202 Å². The SMILES string of the molecule is CCCCCC[C@H]1C[C@H]1CCCCCCCCCC(=O)OC[C@H](CO)OCc1ccccc1. The standard InChI is InChI=1S/C29H48O4/c1-2-3-4-13-18-26-21-27(26)19-14-8-6-5-7-9-15-20-29(31)33-24-28(22-30)32-23-25-16-11-10-12-17-25/h10-12,16-17,26-28,30H,2-9,13-15,18-24H2,1H3/t26-,27+,28-/m0/s1. The van der Waals surface area contributed by atoms with Crippen molar-refractivity contribution in [3.05, 3.63) is 35.9 Å². The Bertz CT molecular complexity index is 603. The average molecular weight is 461 g/mol. The summed E-state index contributed by atoms with van der Waals surface area (Å²) in [5.74, 6) is 1.92. The molecule has 188 valence electrons. The number of unbranched alkanes of at least 4 members (excludes halogenated alkanes) is 9. The second-order valence-electron chi connectivity index (χ2n) is 9.90. The van der Waals surface area contributed by atoms with E-state index in [1.54, 1.807) is 0 Å². The molecule has 0 spiro atoms. The molecule has 0 saturated heterocycles. The summed E-state index contributed by atoms with van der Waals surface area (Å²) in [7, 11) is 0. The van der Waals surface area contributed by atoms with Crippen molar-refractivity contribution in [3.8, 4) is 0 Å². The van der Waals surface area contributed by atoms with Gasteiger partial charge in [0.1, 0.15) is 12.7 Å². The maximum absolute atomic E-state index is 11.9. The average Bonchev–Trinajstić information content (AvgIpc) is 3.59. The summed E-state index contributed by atoms with van der Waals surface area (Å²) in [5.41, 5.74) is 1.04. The largest absolute Gasteiger partial charge is 0.463 e. The molecule has 0 amide bonds. The molecule has 4 heteroatoms. The molecule has 0 heterocycles. The first kappa shape index (κ1) is 27.9. The van der Waals surface area contributed by atoms with Crippen LogP contribution in [0.4, 0.5) is 0 Å². The first-order chi connectivity index (χ1) is 16.2. The molecule has 0 unspecified atom stereocenters. The zero-order valence-corrected chi connectivity index (χ0v) is 21.0. The number of aliphatic hydroxyl groups is 1. The van der Waals surface area contributed by atoms with E-state index >= 15 is 0 Å². The van der Waals surface area contributed by atoms with E-state index in [0.29, 0.717) is 13.0 Å². The molecule has 0 aromatic heterocycles. The Morgan fingerprint density at radius 2 is 1.52 bits per heavy atom. The van der Waals surface area contributed by atoms with Crippen molar-refractivity contribution in [2.24, 2.45) is 11.8 Å². The van der Waals surface area contributed by atoms with E-state index in [1.165, 1.54) is 77.0 Å². The van der Waals surface area contributed by atoms with Crippen LogP contribution >= 0.6 is 0 Å². The Morgan fingerprint density at radius 3 is 2.15 bits per heavy atom. The van der Waals surface area contributed by atoms with Crippen molar-refractivity contribution in [3.63, 3.8) is 0 Å². The van der Waals surface area contributed by atoms with Crippen molar-refractivity contribution in [1.82, 2.24) is 0 Å². The Balaban J connectivity index is 1.35. The number of carbonyl (C=O) groups excluding carboxylic acids is 1. The smallest absolute Gasteiger partial charge is 0.305 e. The number of esters is 1. The van der Waals surface area contributed by atoms with E-state index in [4.69, 9.17) is 9.47 Å². The third-order valence-electron chi connectivity index (χ3n) is 6.92. The summed E-state index contributed by atoms with van der Waals surface area (Å²) in [6.45, 7) is 2.65. The van der Waals surface area contributed by atoms with E-state index in [1.807, 2.05) is 30.3 Å². The van der Waals surface area contributed by atoms with Crippen molar-refractivity contribution in [1.29, 1.82) is 0 Å². The number of hydrogen-bond donors (Lipinski definition) is 1. The van der Waals surface area contributed by atoms with Gasteiger partial charge in [0.05, 0.1) is 13.2 Å². The summed E-state index contributed by atoms with van der Waals surface area (Å²) >= 11 is 0. The highest BCUT2D eigenvalue weighted by molar-refractivity contribution is 5.69. The van der Waals surface area contributed by atoms with Gasteiger partial charge in [-0.2, -0.15) is 0 Å². The van der Waals surface area contributed by atoms with Crippen LogP contribution in [0, 0.1) is 11.8 Å². The zero-order chi connectivity index (χ0) is 23.6. The highest BCUT2D eigenvalue weighted by atomic mass is 16.6. The van der Waals surface area contributed by atoms with Gasteiger partial charge >= 0.3 is 5.97 Å². The Morgan fingerprint density at radius 1 is 0.909 bits per heavy atom. The highest BCUT2D eigenvalue weighted by Crippen LogP contribution is 2.45. The lowest BCUT2D eigenvalue weighted by Crippen LogP contribution is -2.25. The van der Waals surface area contributed by atoms with Gasteiger partial charge in [0.15, 0.2) is 0 Å². The van der Waals surface area contributed by atoms with Crippen molar-refractivity contribution >= 4 is 5.97 Å². The van der Waals surface area contributed by atoms with Gasteiger partial charge in [-0.05, 0) is 30.2 Å². The summed E-state index contributed by atoms with van der Waals surface area (Å²) in [4.78, 5) is 11.9. The van der Waals surface area contributed by atoms with Gasteiger partial charge in [-0.25, -0.2) is 0 Å². The van der Waals surface area contributed by atoms with Gasteiger partial charge in [-0.3, -0.25) is 4.79 Å². The fraction of sp³-hybridized carbons (Fsp3) is 0.759. The molecule has 1 aromatic carbocycles.